The van der Waals surface area contributed by atoms with Crippen LogP contribution in [0.4, 0.5) is 0 Å². The first-order valence-electron chi connectivity index (χ1n) is 7.74. The number of nitrogens with zero attached hydrogens (tertiary/aromatic N) is 5. The van der Waals surface area contributed by atoms with E-state index in [9.17, 15) is 5.11 Å². The Bertz CT molecular complexity index is 1020. The summed E-state index contributed by atoms with van der Waals surface area (Å²) in [4.78, 5) is 16.4. The zero-order valence-electron chi connectivity index (χ0n) is 13.7. The van der Waals surface area contributed by atoms with Gasteiger partial charge in [-0.25, -0.2) is 15.0 Å². The second kappa shape index (κ2) is 5.31. The average Bonchev–Trinajstić information content (AvgIpc) is 3.25. The molecular weight excluding hydrogens is 304 g/mol. The Balaban J connectivity index is 1.87. The summed E-state index contributed by atoms with van der Waals surface area (Å²) in [7, 11) is 1.91. The second-order valence-electron chi connectivity index (χ2n) is 5.88. The van der Waals surface area contributed by atoms with E-state index < -0.39 is 6.10 Å². The monoisotopic (exact) mass is 322 g/mol. The summed E-state index contributed by atoms with van der Waals surface area (Å²) < 4.78 is 3.90. The standard InChI is InChI=1S/C17H18N6O/c1-10-15(20-9-19-10)17-18-6-7-23(17)12-4-5-14-13(8-12)21-16(11(2)24)22(14)3/h4-9,11,24H,1-3H3,(H,19,20). The van der Waals surface area contributed by atoms with Crippen molar-refractivity contribution in [3.8, 4) is 17.2 Å². The Morgan fingerprint density at radius 3 is 2.79 bits per heavy atom. The van der Waals surface area contributed by atoms with E-state index in [4.69, 9.17) is 0 Å². The zero-order valence-corrected chi connectivity index (χ0v) is 13.7. The van der Waals surface area contributed by atoms with Gasteiger partial charge in [-0.2, -0.15) is 0 Å². The van der Waals surface area contributed by atoms with Gasteiger partial charge in [0, 0.05) is 30.8 Å². The van der Waals surface area contributed by atoms with Gasteiger partial charge in [-0.05, 0) is 32.0 Å². The third-order valence-corrected chi connectivity index (χ3v) is 4.23. The van der Waals surface area contributed by atoms with Crippen molar-refractivity contribution in [3.05, 3.63) is 48.4 Å². The van der Waals surface area contributed by atoms with Crippen LogP contribution in [0.3, 0.4) is 0 Å². The van der Waals surface area contributed by atoms with Crippen LogP contribution < -0.4 is 0 Å². The number of aromatic amines is 1. The Morgan fingerprint density at radius 2 is 2.08 bits per heavy atom. The van der Waals surface area contributed by atoms with E-state index in [1.165, 1.54) is 0 Å². The van der Waals surface area contributed by atoms with Crippen LogP contribution in [0, 0.1) is 6.92 Å². The van der Waals surface area contributed by atoms with Crippen LogP contribution >= 0.6 is 0 Å². The number of imidazole rings is 3. The van der Waals surface area contributed by atoms with Gasteiger partial charge in [0.05, 0.1) is 17.4 Å². The molecule has 0 fully saturated rings. The molecule has 0 saturated carbocycles. The zero-order chi connectivity index (χ0) is 16.8. The molecule has 122 valence electrons. The lowest BCUT2D eigenvalue weighted by Crippen LogP contribution is -2.01. The van der Waals surface area contributed by atoms with Crippen LogP contribution in [0.15, 0.2) is 36.9 Å². The van der Waals surface area contributed by atoms with Gasteiger partial charge in [-0.15, -0.1) is 0 Å². The minimum atomic E-state index is -0.610. The Kier molecular flexibility index (Phi) is 3.24. The number of benzene rings is 1. The molecular formula is C17H18N6O. The third-order valence-electron chi connectivity index (χ3n) is 4.23. The van der Waals surface area contributed by atoms with E-state index in [-0.39, 0.29) is 0 Å². The molecule has 24 heavy (non-hydrogen) atoms. The molecule has 7 heteroatoms. The molecule has 1 aromatic carbocycles. The maximum Gasteiger partial charge on any atom is 0.165 e. The summed E-state index contributed by atoms with van der Waals surface area (Å²) in [5, 5.41) is 9.85. The summed E-state index contributed by atoms with van der Waals surface area (Å²) in [6, 6.07) is 6.02. The molecule has 0 aliphatic heterocycles. The van der Waals surface area contributed by atoms with Crippen molar-refractivity contribution in [2.24, 2.45) is 7.05 Å². The molecule has 0 radical (unpaired) electrons. The molecule has 0 bridgehead atoms. The van der Waals surface area contributed by atoms with E-state index in [1.54, 1.807) is 19.4 Å². The normalized spacial score (nSPS) is 12.8. The highest BCUT2D eigenvalue weighted by atomic mass is 16.3. The number of aryl methyl sites for hydroxylation is 2. The summed E-state index contributed by atoms with van der Waals surface area (Å²) >= 11 is 0. The van der Waals surface area contributed by atoms with Gasteiger partial charge in [0.2, 0.25) is 0 Å². The van der Waals surface area contributed by atoms with Crippen molar-refractivity contribution in [1.29, 1.82) is 0 Å². The summed E-state index contributed by atoms with van der Waals surface area (Å²) in [6.45, 7) is 3.69. The number of fused-ring (bicyclic) bond motifs is 1. The average molecular weight is 322 g/mol. The van der Waals surface area contributed by atoms with Crippen LogP contribution in [-0.4, -0.2) is 34.2 Å². The van der Waals surface area contributed by atoms with Crippen LogP contribution in [0.25, 0.3) is 28.2 Å². The van der Waals surface area contributed by atoms with Gasteiger partial charge >= 0.3 is 0 Å². The molecule has 3 heterocycles. The van der Waals surface area contributed by atoms with Gasteiger partial charge in [0.1, 0.15) is 17.6 Å². The predicted octanol–water partition coefficient (Wildman–Crippen LogP) is 2.51. The van der Waals surface area contributed by atoms with Crippen molar-refractivity contribution in [1.82, 2.24) is 29.1 Å². The van der Waals surface area contributed by atoms with Gasteiger partial charge in [-0.1, -0.05) is 0 Å². The van der Waals surface area contributed by atoms with Crippen LogP contribution in [0.5, 0.6) is 0 Å². The molecule has 2 N–H and O–H groups in total. The molecule has 4 aromatic rings. The number of hydrogen-bond acceptors (Lipinski definition) is 4. The smallest absolute Gasteiger partial charge is 0.165 e. The summed E-state index contributed by atoms with van der Waals surface area (Å²) in [5.41, 5.74) is 4.56. The molecule has 0 spiro atoms. The highest BCUT2D eigenvalue weighted by Crippen LogP contribution is 2.25. The Hall–Kier alpha value is -2.93. The van der Waals surface area contributed by atoms with Crippen LogP contribution in [0.1, 0.15) is 24.5 Å². The molecule has 0 aliphatic rings. The molecule has 4 rings (SSSR count). The summed E-state index contributed by atoms with van der Waals surface area (Å²) in [6.07, 6.45) is 4.72. The summed E-state index contributed by atoms with van der Waals surface area (Å²) in [5.74, 6) is 1.43. The molecule has 1 atom stereocenters. The molecule has 1 unspecified atom stereocenters. The Labute approximate surface area is 138 Å². The SMILES string of the molecule is Cc1[nH]cnc1-c1nccn1-c1ccc2c(c1)nc(C(C)O)n2C. The lowest BCUT2D eigenvalue weighted by molar-refractivity contribution is 0.186. The van der Waals surface area contributed by atoms with Crippen molar-refractivity contribution in [3.63, 3.8) is 0 Å². The number of aromatic nitrogens is 6. The first-order valence-corrected chi connectivity index (χ1v) is 7.74. The van der Waals surface area contributed by atoms with Crippen molar-refractivity contribution in [2.45, 2.75) is 20.0 Å². The largest absolute Gasteiger partial charge is 0.385 e. The van der Waals surface area contributed by atoms with Gasteiger partial charge in [-0.3, -0.25) is 4.57 Å². The topological polar surface area (TPSA) is 84.6 Å². The molecule has 7 nitrogen and oxygen atoms in total. The quantitative estimate of drug-likeness (QED) is 0.607. The first-order chi connectivity index (χ1) is 11.6. The van der Waals surface area contributed by atoms with E-state index >= 15 is 0 Å². The molecule has 0 saturated heterocycles. The lowest BCUT2D eigenvalue weighted by atomic mass is 10.2. The fourth-order valence-corrected chi connectivity index (χ4v) is 3.00. The fraction of sp³-hybridized carbons (Fsp3) is 0.235. The van der Waals surface area contributed by atoms with Crippen molar-refractivity contribution >= 4 is 11.0 Å². The van der Waals surface area contributed by atoms with E-state index in [1.807, 2.05) is 47.5 Å². The van der Waals surface area contributed by atoms with Crippen molar-refractivity contribution in [2.75, 3.05) is 0 Å². The minimum absolute atomic E-state index is 0.610. The van der Waals surface area contributed by atoms with E-state index in [2.05, 4.69) is 19.9 Å². The molecule has 3 aromatic heterocycles. The van der Waals surface area contributed by atoms with Gasteiger partial charge < -0.3 is 14.7 Å². The number of aliphatic hydroxyl groups excluding tert-OH is 1. The maximum absolute atomic E-state index is 9.85. The fourth-order valence-electron chi connectivity index (χ4n) is 3.00. The lowest BCUT2D eigenvalue weighted by Gasteiger charge is -2.07. The maximum atomic E-state index is 9.85. The highest BCUT2D eigenvalue weighted by Gasteiger charge is 2.15. The number of H-pyrrole nitrogens is 1. The van der Waals surface area contributed by atoms with Gasteiger partial charge in [0.15, 0.2) is 5.82 Å². The van der Waals surface area contributed by atoms with Gasteiger partial charge in [0.25, 0.3) is 0 Å². The van der Waals surface area contributed by atoms with E-state index in [0.29, 0.717) is 5.82 Å². The number of rotatable bonds is 3. The number of hydrogen-bond donors (Lipinski definition) is 2. The second-order valence-corrected chi connectivity index (χ2v) is 5.88. The number of nitrogens with one attached hydrogen (secondary N) is 1. The van der Waals surface area contributed by atoms with Crippen LogP contribution in [-0.2, 0) is 7.05 Å². The van der Waals surface area contributed by atoms with Crippen molar-refractivity contribution < 1.29 is 5.11 Å². The molecule has 0 amide bonds. The first kappa shape index (κ1) is 14.6. The Morgan fingerprint density at radius 1 is 1.25 bits per heavy atom. The minimum Gasteiger partial charge on any atom is -0.385 e. The third kappa shape index (κ3) is 2.13. The predicted molar refractivity (Wildman–Crippen MR) is 90.8 cm³/mol. The van der Waals surface area contributed by atoms with E-state index in [0.717, 1.165) is 33.9 Å². The highest BCUT2D eigenvalue weighted by molar-refractivity contribution is 5.79. The number of aliphatic hydroxyl groups is 1. The van der Waals surface area contributed by atoms with Crippen LogP contribution in [0.2, 0.25) is 0 Å². The molecule has 0 aliphatic carbocycles.